The van der Waals surface area contributed by atoms with Crippen LogP contribution in [0.3, 0.4) is 0 Å². The van der Waals surface area contributed by atoms with Crippen LogP contribution in [-0.4, -0.2) is 25.1 Å². The predicted octanol–water partition coefficient (Wildman–Crippen LogP) is 6.24. The second kappa shape index (κ2) is 8.16. The maximum absolute atomic E-state index is 9.46. The van der Waals surface area contributed by atoms with Crippen LogP contribution in [0, 0.1) is 3.57 Å². The Kier molecular flexibility index (Phi) is 5.21. The first kappa shape index (κ1) is 19.8. The molecule has 0 aliphatic rings. The van der Waals surface area contributed by atoms with Crippen LogP contribution in [0.4, 0.5) is 0 Å². The molecule has 5 rings (SSSR count). The number of ether oxygens (including phenoxy) is 1. The summed E-state index contributed by atoms with van der Waals surface area (Å²) in [7, 11) is 0. The molecule has 8 heteroatoms. The Bertz CT molecular complexity index is 1400. The van der Waals surface area contributed by atoms with Gasteiger partial charge in [-0.15, -0.1) is 5.10 Å². The molecular formula is C23H14ClIN4O2. The Balaban J connectivity index is 1.47. The minimum absolute atomic E-state index is 0.201. The largest absolute Gasteiger partial charge is 0.508 e. The molecule has 5 aromatic rings. The number of hydrogen-bond donors (Lipinski definition) is 1. The van der Waals surface area contributed by atoms with E-state index in [2.05, 4.69) is 32.9 Å². The third kappa shape index (κ3) is 4.06. The lowest BCUT2D eigenvalue weighted by Gasteiger charge is -2.10. The van der Waals surface area contributed by atoms with Gasteiger partial charge in [0.15, 0.2) is 0 Å². The molecule has 2 heterocycles. The molecule has 31 heavy (non-hydrogen) atoms. The number of pyridine rings is 1. The molecule has 152 valence electrons. The third-order valence-electron chi connectivity index (χ3n) is 4.68. The Hall–Kier alpha value is -3.17. The fourth-order valence-corrected chi connectivity index (χ4v) is 3.74. The van der Waals surface area contributed by atoms with E-state index < -0.39 is 0 Å². The fraction of sp³-hybridized carbons (Fsp3) is 0. The van der Waals surface area contributed by atoms with Gasteiger partial charge < -0.3 is 9.84 Å². The Morgan fingerprint density at radius 2 is 1.77 bits per heavy atom. The van der Waals surface area contributed by atoms with E-state index in [0.717, 1.165) is 20.2 Å². The number of fused-ring (bicyclic) bond motifs is 1. The Morgan fingerprint density at radius 3 is 2.58 bits per heavy atom. The Morgan fingerprint density at radius 1 is 0.935 bits per heavy atom. The van der Waals surface area contributed by atoms with Crippen LogP contribution in [0.15, 0.2) is 79.0 Å². The summed E-state index contributed by atoms with van der Waals surface area (Å²) in [5.74, 6) is 1.62. The standard InChI is InChI=1S/C23H14ClIN4O2/c24-18-10-8-16(12-19(18)25)31-23-3-1-2-20-17(23)9-11-21(26-20)22-13-29(28-27-22)14-4-6-15(30)7-5-14/h1-13,30H. The lowest BCUT2D eigenvalue weighted by atomic mass is 10.1. The molecular weight excluding hydrogens is 527 g/mol. The summed E-state index contributed by atoms with van der Waals surface area (Å²) in [6.07, 6.45) is 1.80. The van der Waals surface area contributed by atoms with Gasteiger partial charge >= 0.3 is 0 Å². The maximum atomic E-state index is 9.46. The SMILES string of the molecule is Oc1ccc(-n2cc(-c3ccc4c(Oc5ccc(Cl)c(I)c5)cccc4n3)nn2)cc1. The molecule has 0 saturated heterocycles. The number of hydrogen-bond acceptors (Lipinski definition) is 5. The van der Waals surface area contributed by atoms with Gasteiger partial charge in [-0.2, -0.15) is 0 Å². The van der Waals surface area contributed by atoms with Gasteiger partial charge in [-0.3, -0.25) is 0 Å². The zero-order chi connectivity index (χ0) is 21.4. The lowest BCUT2D eigenvalue weighted by Crippen LogP contribution is -1.93. The summed E-state index contributed by atoms with van der Waals surface area (Å²) in [4.78, 5) is 4.74. The van der Waals surface area contributed by atoms with Gasteiger partial charge in [0.25, 0.3) is 0 Å². The Labute approximate surface area is 196 Å². The van der Waals surface area contributed by atoms with Gasteiger partial charge in [-0.05, 0) is 89.3 Å². The van der Waals surface area contributed by atoms with Crippen molar-refractivity contribution in [1.82, 2.24) is 20.0 Å². The van der Waals surface area contributed by atoms with Crippen LogP contribution in [0.25, 0.3) is 28.0 Å². The van der Waals surface area contributed by atoms with Crippen molar-refractivity contribution in [3.63, 3.8) is 0 Å². The molecule has 0 fully saturated rings. The molecule has 0 aliphatic heterocycles. The van der Waals surface area contributed by atoms with E-state index in [4.69, 9.17) is 21.3 Å². The molecule has 0 aliphatic carbocycles. The van der Waals surface area contributed by atoms with Crippen LogP contribution in [0.2, 0.25) is 5.02 Å². The summed E-state index contributed by atoms with van der Waals surface area (Å²) in [6.45, 7) is 0. The zero-order valence-corrected chi connectivity index (χ0v) is 18.8. The summed E-state index contributed by atoms with van der Waals surface area (Å²) in [5.41, 5.74) is 2.94. The second-order valence-electron chi connectivity index (χ2n) is 6.76. The molecule has 0 atom stereocenters. The molecule has 0 unspecified atom stereocenters. The monoisotopic (exact) mass is 540 g/mol. The fourth-order valence-electron chi connectivity index (χ4n) is 3.14. The molecule has 3 aromatic carbocycles. The van der Waals surface area contributed by atoms with Crippen molar-refractivity contribution >= 4 is 45.1 Å². The highest BCUT2D eigenvalue weighted by molar-refractivity contribution is 14.1. The number of benzene rings is 3. The lowest BCUT2D eigenvalue weighted by molar-refractivity contribution is 0.475. The van der Waals surface area contributed by atoms with Crippen LogP contribution < -0.4 is 4.74 Å². The van der Waals surface area contributed by atoms with Crippen molar-refractivity contribution in [2.24, 2.45) is 0 Å². The molecule has 0 saturated carbocycles. The number of rotatable bonds is 4. The molecule has 6 nitrogen and oxygen atoms in total. The van der Waals surface area contributed by atoms with Crippen molar-refractivity contribution in [2.75, 3.05) is 0 Å². The van der Waals surface area contributed by atoms with E-state index in [-0.39, 0.29) is 5.75 Å². The van der Waals surface area contributed by atoms with Gasteiger partial charge in [0, 0.05) is 8.96 Å². The highest BCUT2D eigenvalue weighted by Crippen LogP contribution is 2.32. The molecule has 0 radical (unpaired) electrons. The van der Waals surface area contributed by atoms with Crippen LogP contribution in [0.1, 0.15) is 0 Å². The number of phenolic OH excluding ortho intramolecular Hbond substituents is 1. The number of aromatic nitrogens is 4. The number of halogens is 2. The molecule has 0 bridgehead atoms. The van der Waals surface area contributed by atoms with E-state index in [1.807, 2.05) is 48.5 Å². The van der Waals surface area contributed by atoms with Crippen molar-refractivity contribution in [1.29, 1.82) is 0 Å². The summed E-state index contributed by atoms with van der Waals surface area (Å²) in [5, 5.41) is 19.5. The van der Waals surface area contributed by atoms with Crippen molar-refractivity contribution in [3.05, 3.63) is 87.6 Å². The van der Waals surface area contributed by atoms with Gasteiger partial charge in [0.05, 0.1) is 28.1 Å². The molecule has 2 aromatic heterocycles. The van der Waals surface area contributed by atoms with E-state index in [9.17, 15) is 5.11 Å². The van der Waals surface area contributed by atoms with Crippen molar-refractivity contribution in [3.8, 4) is 34.3 Å². The smallest absolute Gasteiger partial charge is 0.136 e. The first-order valence-corrected chi connectivity index (χ1v) is 10.8. The van der Waals surface area contributed by atoms with Gasteiger partial charge in [-0.25, -0.2) is 9.67 Å². The summed E-state index contributed by atoms with van der Waals surface area (Å²) < 4.78 is 8.66. The number of aromatic hydroxyl groups is 1. The minimum Gasteiger partial charge on any atom is -0.508 e. The van der Waals surface area contributed by atoms with Gasteiger partial charge in [0.2, 0.25) is 0 Å². The molecule has 0 spiro atoms. The van der Waals surface area contributed by atoms with E-state index >= 15 is 0 Å². The summed E-state index contributed by atoms with van der Waals surface area (Å²) in [6, 6.07) is 21.9. The van der Waals surface area contributed by atoms with E-state index in [1.54, 1.807) is 35.1 Å². The average Bonchev–Trinajstić information content (AvgIpc) is 3.27. The normalized spacial score (nSPS) is 11.0. The molecule has 1 N–H and O–H groups in total. The second-order valence-corrected chi connectivity index (χ2v) is 8.33. The summed E-state index contributed by atoms with van der Waals surface area (Å²) >= 11 is 8.28. The highest BCUT2D eigenvalue weighted by Gasteiger charge is 2.11. The maximum Gasteiger partial charge on any atom is 0.136 e. The van der Waals surface area contributed by atoms with E-state index in [1.165, 1.54) is 0 Å². The van der Waals surface area contributed by atoms with Crippen molar-refractivity contribution in [2.45, 2.75) is 0 Å². The first-order chi connectivity index (χ1) is 15.1. The molecule has 0 amide bonds. The minimum atomic E-state index is 0.201. The first-order valence-electron chi connectivity index (χ1n) is 9.32. The van der Waals surface area contributed by atoms with Crippen molar-refractivity contribution < 1.29 is 9.84 Å². The van der Waals surface area contributed by atoms with Crippen LogP contribution in [-0.2, 0) is 0 Å². The van der Waals surface area contributed by atoms with Gasteiger partial charge in [-0.1, -0.05) is 22.9 Å². The highest BCUT2D eigenvalue weighted by atomic mass is 127. The predicted molar refractivity (Wildman–Crippen MR) is 128 cm³/mol. The topological polar surface area (TPSA) is 73.1 Å². The van der Waals surface area contributed by atoms with Crippen LogP contribution >= 0.6 is 34.2 Å². The zero-order valence-electron chi connectivity index (χ0n) is 15.9. The number of phenols is 1. The number of nitrogens with zero attached hydrogens (tertiary/aromatic N) is 4. The average molecular weight is 541 g/mol. The third-order valence-corrected chi connectivity index (χ3v) is 6.22. The quantitative estimate of drug-likeness (QED) is 0.273. The van der Waals surface area contributed by atoms with Crippen LogP contribution in [0.5, 0.6) is 17.2 Å². The van der Waals surface area contributed by atoms with E-state index in [0.29, 0.717) is 27.9 Å². The van der Waals surface area contributed by atoms with Gasteiger partial charge in [0.1, 0.15) is 22.9 Å².